The first-order chi connectivity index (χ1) is 8.16. The maximum Gasteiger partial charge on any atom is 0.236 e. The zero-order chi connectivity index (χ0) is 12.3. The summed E-state index contributed by atoms with van der Waals surface area (Å²) in [6, 6.07) is 1.15. The summed E-state index contributed by atoms with van der Waals surface area (Å²) in [6.45, 7) is 5.87. The molecule has 3 nitrogen and oxygen atoms in total. The van der Waals surface area contributed by atoms with Crippen LogP contribution in [0.2, 0.25) is 0 Å². The summed E-state index contributed by atoms with van der Waals surface area (Å²) in [4.78, 5) is 14.4. The first-order valence-electron chi connectivity index (χ1n) is 7.19. The van der Waals surface area contributed by atoms with Gasteiger partial charge in [0.25, 0.3) is 0 Å². The first kappa shape index (κ1) is 12.9. The van der Waals surface area contributed by atoms with E-state index in [1.165, 1.54) is 38.5 Å². The van der Waals surface area contributed by atoms with Gasteiger partial charge in [-0.2, -0.15) is 0 Å². The standard InChI is InChI=1S/C14H26N2O/c1-11(2)10-16(13-5-3-4-6-13)14(17)9-15-12-7-8-12/h11-13,15H,3-10H2,1-2H3. The Bertz CT molecular complexity index is 255. The second-order valence-corrected chi connectivity index (χ2v) is 6.03. The molecule has 2 fully saturated rings. The van der Waals surface area contributed by atoms with Crippen LogP contribution in [-0.4, -0.2) is 36.0 Å². The lowest BCUT2D eigenvalue weighted by Gasteiger charge is -2.30. The molecule has 0 heterocycles. The van der Waals surface area contributed by atoms with Crippen LogP contribution < -0.4 is 5.32 Å². The van der Waals surface area contributed by atoms with Crippen LogP contribution in [0.15, 0.2) is 0 Å². The Balaban J connectivity index is 1.84. The number of hydrogen-bond acceptors (Lipinski definition) is 2. The van der Waals surface area contributed by atoms with Gasteiger partial charge in [-0.3, -0.25) is 4.79 Å². The first-order valence-corrected chi connectivity index (χ1v) is 7.19. The zero-order valence-electron chi connectivity index (χ0n) is 11.2. The van der Waals surface area contributed by atoms with Gasteiger partial charge < -0.3 is 10.2 Å². The lowest BCUT2D eigenvalue weighted by molar-refractivity contribution is -0.133. The summed E-state index contributed by atoms with van der Waals surface area (Å²) < 4.78 is 0. The highest BCUT2D eigenvalue weighted by Crippen LogP contribution is 2.24. The Morgan fingerprint density at radius 3 is 2.41 bits per heavy atom. The van der Waals surface area contributed by atoms with Gasteiger partial charge in [0, 0.05) is 18.6 Å². The highest BCUT2D eigenvalue weighted by atomic mass is 16.2. The largest absolute Gasteiger partial charge is 0.338 e. The van der Waals surface area contributed by atoms with Crippen LogP contribution >= 0.6 is 0 Å². The fraction of sp³-hybridized carbons (Fsp3) is 0.929. The summed E-state index contributed by atoms with van der Waals surface area (Å²) in [5.74, 6) is 0.887. The van der Waals surface area contributed by atoms with Crippen LogP contribution in [0.25, 0.3) is 0 Å². The normalized spacial score (nSPS) is 21.1. The average Bonchev–Trinajstić information content (AvgIpc) is 2.96. The van der Waals surface area contributed by atoms with E-state index in [1.807, 2.05) is 0 Å². The summed E-state index contributed by atoms with van der Waals surface area (Å²) >= 11 is 0. The lowest BCUT2D eigenvalue weighted by atomic mass is 10.1. The molecule has 0 radical (unpaired) electrons. The fourth-order valence-electron chi connectivity index (χ4n) is 2.68. The number of hydrogen-bond donors (Lipinski definition) is 1. The molecule has 98 valence electrons. The predicted octanol–water partition coefficient (Wildman–Crippen LogP) is 2.17. The van der Waals surface area contributed by atoms with E-state index in [2.05, 4.69) is 24.1 Å². The molecular formula is C14H26N2O. The number of carbonyl (C=O) groups excluding carboxylic acids is 1. The fourth-order valence-corrected chi connectivity index (χ4v) is 2.68. The van der Waals surface area contributed by atoms with Crippen molar-refractivity contribution in [2.24, 2.45) is 5.92 Å². The summed E-state index contributed by atoms with van der Waals surface area (Å²) in [5.41, 5.74) is 0. The quantitative estimate of drug-likeness (QED) is 0.769. The van der Waals surface area contributed by atoms with E-state index in [0.29, 0.717) is 30.5 Å². The van der Waals surface area contributed by atoms with Crippen molar-refractivity contribution >= 4 is 5.91 Å². The molecule has 0 atom stereocenters. The van der Waals surface area contributed by atoms with Gasteiger partial charge in [-0.1, -0.05) is 26.7 Å². The Morgan fingerprint density at radius 2 is 1.88 bits per heavy atom. The minimum absolute atomic E-state index is 0.317. The third-order valence-corrected chi connectivity index (χ3v) is 3.77. The van der Waals surface area contributed by atoms with Crippen LogP contribution in [0.5, 0.6) is 0 Å². The summed E-state index contributed by atoms with van der Waals surface area (Å²) in [5, 5.41) is 3.34. The Labute approximate surface area is 105 Å². The summed E-state index contributed by atoms with van der Waals surface area (Å²) in [7, 11) is 0. The lowest BCUT2D eigenvalue weighted by Crippen LogP contribution is -2.45. The van der Waals surface area contributed by atoms with Crippen LogP contribution in [0.3, 0.4) is 0 Å². The van der Waals surface area contributed by atoms with Gasteiger partial charge in [0.2, 0.25) is 5.91 Å². The van der Waals surface area contributed by atoms with Gasteiger partial charge in [0.15, 0.2) is 0 Å². The van der Waals surface area contributed by atoms with E-state index in [9.17, 15) is 4.79 Å². The zero-order valence-corrected chi connectivity index (χ0v) is 11.2. The Morgan fingerprint density at radius 1 is 1.24 bits per heavy atom. The van der Waals surface area contributed by atoms with E-state index in [0.717, 1.165) is 6.54 Å². The molecular weight excluding hydrogens is 212 g/mol. The molecule has 0 aliphatic heterocycles. The van der Waals surface area contributed by atoms with Crippen molar-refractivity contribution < 1.29 is 4.79 Å². The smallest absolute Gasteiger partial charge is 0.236 e. The van der Waals surface area contributed by atoms with Crippen molar-refractivity contribution in [3.63, 3.8) is 0 Å². The van der Waals surface area contributed by atoms with Gasteiger partial charge in [-0.05, 0) is 31.6 Å². The maximum atomic E-state index is 12.3. The highest BCUT2D eigenvalue weighted by molar-refractivity contribution is 5.78. The molecule has 0 unspecified atom stereocenters. The van der Waals surface area contributed by atoms with Gasteiger partial charge in [-0.25, -0.2) is 0 Å². The molecule has 1 amide bonds. The van der Waals surface area contributed by atoms with Crippen molar-refractivity contribution in [1.29, 1.82) is 0 Å². The highest BCUT2D eigenvalue weighted by Gasteiger charge is 2.28. The number of nitrogens with zero attached hydrogens (tertiary/aromatic N) is 1. The molecule has 1 N–H and O–H groups in total. The number of carbonyl (C=O) groups is 1. The second-order valence-electron chi connectivity index (χ2n) is 6.03. The predicted molar refractivity (Wildman–Crippen MR) is 69.8 cm³/mol. The molecule has 0 aromatic rings. The molecule has 0 saturated heterocycles. The third kappa shape index (κ3) is 3.98. The van der Waals surface area contributed by atoms with Crippen molar-refractivity contribution in [3.05, 3.63) is 0 Å². The van der Waals surface area contributed by atoms with Crippen LogP contribution in [-0.2, 0) is 4.79 Å². The molecule has 3 heteroatoms. The van der Waals surface area contributed by atoms with Crippen LogP contribution in [0.4, 0.5) is 0 Å². The SMILES string of the molecule is CC(C)CN(C(=O)CNC1CC1)C1CCCC1. The topological polar surface area (TPSA) is 32.3 Å². The van der Waals surface area contributed by atoms with Crippen molar-refractivity contribution in [2.45, 2.75) is 64.5 Å². The summed E-state index contributed by atoms with van der Waals surface area (Å²) in [6.07, 6.45) is 7.51. The maximum absolute atomic E-state index is 12.3. The minimum Gasteiger partial charge on any atom is -0.338 e. The van der Waals surface area contributed by atoms with Crippen LogP contribution in [0, 0.1) is 5.92 Å². The Hall–Kier alpha value is -0.570. The van der Waals surface area contributed by atoms with Gasteiger partial charge in [-0.15, -0.1) is 0 Å². The van der Waals surface area contributed by atoms with E-state index in [-0.39, 0.29) is 0 Å². The van der Waals surface area contributed by atoms with Gasteiger partial charge in [0.05, 0.1) is 6.54 Å². The molecule has 0 bridgehead atoms. The van der Waals surface area contributed by atoms with Crippen LogP contribution in [0.1, 0.15) is 52.4 Å². The van der Waals surface area contributed by atoms with Gasteiger partial charge >= 0.3 is 0 Å². The second kappa shape index (κ2) is 5.85. The van der Waals surface area contributed by atoms with Crippen molar-refractivity contribution in [2.75, 3.05) is 13.1 Å². The molecule has 2 aliphatic rings. The molecule has 2 rings (SSSR count). The average molecular weight is 238 g/mol. The molecule has 0 aromatic heterocycles. The third-order valence-electron chi connectivity index (χ3n) is 3.77. The van der Waals surface area contributed by atoms with E-state index in [1.54, 1.807) is 0 Å². The number of amides is 1. The monoisotopic (exact) mass is 238 g/mol. The van der Waals surface area contributed by atoms with E-state index in [4.69, 9.17) is 0 Å². The molecule has 0 aromatic carbocycles. The Kier molecular flexibility index (Phi) is 4.43. The van der Waals surface area contributed by atoms with E-state index >= 15 is 0 Å². The van der Waals surface area contributed by atoms with E-state index < -0.39 is 0 Å². The minimum atomic E-state index is 0.317. The van der Waals surface area contributed by atoms with Gasteiger partial charge in [0.1, 0.15) is 0 Å². The molecule has 0 spiro atoms. The number of nitrogens with one attached hydrogen (secondary N) is 1. The number of rotatable bonds is 6. The molecule has 2 aliphatic carbocycles. The molecule has 17 heavy (non-hydrogen) atoms. The molecule has 2 saturated carbocycles. The van der Waals surface area contributed by atoms with Crippen molar-refractivity contribution in [3.8, 4) is 0 Å². The van der Waals surface area contributed by atoms with Crippen molar-refractivity contribution in [1.82, 2.24) is 10.2 Å².